The Morgan fingerprint density at radius 1 is 1.17 bits per heavy atom. The first-order valence-electron chi connectivity index (χ1n) is 7.03. The highest BCUT2D eigenvalue weighted by atomic mass is 16.5. The van der Waals surface area contributed by atoms with Gasteiger partial charge in [0.25, 0.3) is 0 Å². The van der Waals surface area contributed by atoms with Crippen molar-refractivity contribution >= 4 is 0 Å². The molecule has 1 aromatic carbocycles. The van der Waals surface area contributed by atoms with Crippen LogP contribution >= 0.6 is 0 Å². The summed E-state index contributed by atoms with van der Waals surface area (Å²) in [7, 11) is 0. The molecule has 1 aromatic rings. The second-order valence-electron chi connectivity index (χ2n) is 5.43. The Morgan fingerprint density at radius 3 is 2.89 bits per heavy atom. The molecule has 2 aliphatic rings. The first kappa shape index (κ1) is 12.0. The molecule has 18 heavy (non-hydrogen) atoms. The minimum absolute atomic E-state index is 0.800. The third-order valence-corrected chi connectivity index (χ3v) is 4.21. The average molecular weight is 246 g/mol. The molecule has 0 amide bonds. The van der Waals surface area contributed by atoms with Gasteiger partial charge in [-0.3, -0.25) is 4.90 Å². The van der Waals surface area contributed by atoms with E-state index in [2.05, 4.69) is 10.2 Å². The van der Waals surface area contributed by atoms with Crippen molar-refractivity contribution in [1.29, 1.82) is 0 Å². The summed E-state index contributed by atoms with van der Waals surface area (Å²) in [5.41, 5.74) is 0. The summed E-state index contributed by atoms with van der Waals surface area (Å²) >= 11 is 0. The van der Waals surface area contributed by atoms with Crippen LogP contribution in [0.15, 0.2) is 30.3 Å². The van der Waals surface area contributed by atoms with Crippen LogP contribution in [0.1, 0.15) is 6.42 Å². The molecule has 3 rings (SSSR count). The monoisotopic (exact) mass is 246 g/mol. The van der Waals surface area contributed by atoms with Gasteiger partial charge < -0.3 is 10.1 Å². The third-order valence-electron chi connectivity index (χ3n) is 4.21. The van der Waals surface area contributed by atoms with Crippen molar-refractivity contribution in [2.45, 2.75) is 6.42 Å². The van der Waals surface area contributed by atoms with Crippen molar-refractivity contribution in [3.8, 4) is 5.75 Å². The highest BCUT2D eigenvalue weighted by Crippen LogP contribution is 2.26. The number of fused-ring (bicyclic) bond motifs is 1. The van der Waals surface area contributed by atoms with Gasteiger partial charge in [-0.2, -0.15) is 0 Å². The van der Waals surface area contributed by atoms with E-state index >= 15 is 0 Å². The Hall–Kier alpha value is -1.06. The topological polar surface area (TPSA) is 24.5 Å². The van der Waals surface area contributed by atoms with Crippen LogP contribution in [-0.4, -0.2) is 44.2 Å². The van der Waals surface area contributed by atoms with Crippen LogP contribution in [0.4, 0.5) is 0 Å². The summed E-state index contributed by atoms with van der Waals surface area (Å²) in [5.74, 6) is 2.78. The van der Waals surface area contributed by atoms with E-state index < -0.39 is 0 Å². The second-order valence-corrected chi connectivity index (χ2v) is 5.43. The number of para-hydroxylation sites is 1. The molecule has 2 heterocycles. The van der Waals surface area contributed by atoms with E-state index in [1.54, 1.807) is 0 Å². The van der Waals surface area contributed by atoms with Gasteiger partial charge in [0.05, 0.1) is 0 Å². The Labute approximate surface area is 109 Å². The van der Waals surface area contributed by atoms with Crippen LogP contribution in [0.3, 0.4) is 0 Å². The normalized spacial score (nSPS) is 28.0. The van der Waals surface area contributed by atoms with Crippen LogP contribution in [0, 0.1) is 11.8 Å². The minimum Gasteiger partial charge on any atom is -0.492 e. The number of likely N-dealkylation sites (tertiary alicyclic amines) is 1. The van der Waals surface area contributed by atoms with E-state index in [9.17, 15) is 0 Å². The van der Waals surface area contributed by atoms with Crippen molar-refractivity contribution in [3.05, 3.63) is 30.3 Å². The Balaban J connectivity index is 1.41. The largest absolute Gasteiger partial charge is 0.492 e. The summed E-state index contributed by atoms with van der Waals surface area (Å²) in [4.78, 5) is 2.55. The highest BCUT2D eigenvalue weighted by molar-refractivity contribution is 5.20. The van der Waals surface area contributed by atoms with Crippen molar-refractivity contribution in [1.82, 2.24) is 10.2 Å². The maximum Gasteiger partial charge on any atom is 0.119 e. The first-order chi connectivity index (χ1) is 8.92. The minimum atomic E-state index is 0.800. The Morgan fingerprint density at radius 2 is 2.00 bits per heavy atom. The number of nitrogens with one attached hydrogen (secondary N) is 1. The van der Waals surface area contributed by atoms with E-state index in [1.807, 2.05) is 30.3 Å². The second kappa shape index (κ2) is 5.72. The predicted molar refractivity (Wildman–Crippen MR) is 72.8 cm³/mol. The maximum absolute atomic E-state index is 5.76. The number of benzene rings is 1. The molecule has 2 aliphatic heterocycles. The van der Waals surface area contributed by atoms with Gasteiger partial charge in [0.2, 0.25) is 0 Å². The smallest absolute Gasteiger partial charge is 0.119 e. The lowest BCUT2D eigenvalue weighted by Crippen LogP contribution is -2.41. The van der Waals surface area contributed by atoms with Crippen LogP contribution in [-0.2, 0) is 0 Å². The number of rotatable bonds is 4. The molecule has 1 N–H and O–H groups in total. The summed E-state index contributed by atoms with van der Waals surface area (Å²) in [6, 6.07) is 10.1. The van der Waals surface area contributed by atoms with E-state index in [0.717, 1.165) is 30.7 Å². The molecule has 3 nitrogen and oxygen atoms in total. The molecule has 3 heteroatoms. The van der Waals surface area contributed by atoms with E-state index in [-0.39, 0.29) is 0 Å². The predicted octanol–water partition coefficient (Wildman–Crippen LogP) is 1.61. The molecule has 0 aliphatic carbocycles. The molecule has 2 fully saturated rings. The number of hydrogen-bond acceptors (Lipinski definition) is 3. The van der Waals surface area contributed by atoms with Crippen molar-refractivity contribution in [2.24, 2.45) is 11.8 Å². The molecular formula is C15H22N2O. The molecular weight excluding hydrogens is 224 g/mol. The fourth-order valence-corrected chi connectivity index (χ4v) is 3.12. The quantitative estimate of drug-likeness (QED) is 0.873. The van der Waals surface area contributed by atoms with Gasteiger partial charge >= 0.3 is 0 Å². The standard InChI is InChI=1S/C15H22N2O/c1-2-4-15(5-3-1)18-9-8-17-7-6-13-10-16-11-14(13)12-17/h1-5,13-14,16H,6-12H2. The van der Waals surface area contributed by atoms with Crippen molar-refractivity contribution in [2.75, 3.05) is 39.3 Å². The van der Waals surface area contributed by atoms with Gasteiger partial charge in [0, 0.05) is 13.1 Å². The van der Waals surface area contributed by atoms with E-state index in [1.165, 1.54) is 32.6 Å². The van der Waals surface area contributed by atoms with Gasteiger partial charge in [0.15, 0.2) is 0 Å². The lowest BCUT2D eigenvalue weighted by Gasteiger charge is -2.34. The molecule has 0 spiro atoms. The van der Waals surface area contributed by atoms with Crippen molar-refractivity contribution in [3.63, 3.8) is 0 Å². The number of piperidine rings is 1. The van der Waals surface area contributed by atoms with Gasteiger partial charge in [0.1, 0.15) is 12.4 Å². The summed E-state index contributed by atoms with van der Waals surface area (Å²) in [6.07, 6.45) is 1.35. The SMILES string of the molecule is c1ccc(OCCN2CCC3CNCC3C2)cc1. The van der Waals surface area contributed by atoms with Crippen LogP contribution in [0.5, 0.6) is 5.75 Å². The van der Waals surface area contributed by atoms with E-state index in [0.29, 0.717) is 0 Å². The molecule has 0 radical (unpaired) electrons. The molecule has 98 valence electrons. The average Bonchev–Trinajstić information content (AvgIpc) is 2.87. The van der Waals surface area contributed by atoms with Crippen LogP contribution in [0.25, 0.3) is 0 Å². The van der Waals surface area contributed by atoms with Gasteiger partial charge in [-0.25, -0.2) is 0 Å². The Bertz CT molecular complexity index is 368. The first-order valence-corrected chi connectivity index (χ1v) is 7.03. The molecule has 2 saturated heterocycles. The summed E-state index contributed by atoms with van der Waals surface area (Å²) in [6.45, 7) is 6.78. The maximum atomic E-state index is 5.76. The fourth-order valence-electron chi connectivity index (χ4n) is 3.12. The molecule has 0 aromatic heterocycles. The van der Waals surface area contributed by atoms with Crippen LogP contribution < -0.4 is 10.1 Å². The summed E-state index contributed by atoms with van der Waals surface area (Å²) < 4.78 is 5.76. The zero-order valence-electron chi connectivity index (χ0n) is 10.8. The van der Waals surface area contributed by atoms with Gasteiger partial charge in [-0.15, -0.1) is 0 Å². The molecule has 0 saturated carbocycles. The summed E-state index contributed by atoms with van der Waals surface area (Å²) in [5, 5.41) is 3.51. The Kier molecular flexibility index (Phi) is 3.81. The molecule has 2 unspecified atom stereocenters. The zero-order chi connectivity index (χ0) is 12.2. The lowest BCUT2D eigenvalue weighted by atomic mass is 9.89. The fraction of sp³-hybridized carbons (Fsp3) is 0.600. The molecule has 2 atom stereocenters. The van der Waals surface area contributed by atoms with Crippen LogP contribution in [0.2, 0.25) is 0 Å². The number of ether oxygens (including phenoxy) is 1. The third kappa shape index (κ3) is 2.85. The highest BCUT2D eigenvalue weighted by Gasteiger charge is 2.32. The van der Waals surface area contributed by atoms with E-state index in [4.69, 9.17) is 4.74 Å². The number of nitrogens with zero attached hydrogens (tertiary/aromatic N) is 1. The van der Waals surface area contributed by atoms with Crippen molar-refractivity contribution < 1.29 is 4.74 Å². The van der Waals surface area contributed by atoms with Gasteiger partial charge in [-0.1, -0.05) is 18.2 Å². The molecule has 0 bridgehead atoms. The number of hydrogen-bond donors (Lipinski definition) is 1. The van der Waals surface area contributed by atoms with Gasteiger partial charge in [-0.05, 0) is 50.0 Å². The zero-order valence-corrected chi connectivity index (χ0v) is 10.8. The lowest BCUT2D eigenvalue weighted by molar-refractivity contribution is 0.127.